The van der Waals surface area contributed by atoms with Crippen LogP contribution in [0.3, 0.4) is 0 Å². The molecule has 3 aromatic rings. The zero-order valence-electron chi connectivity index (χ0n) is 14.4. The maximum Gasteiger partial charge on any atom is 0.262 e. The Kier molecular flexibility index (Phi) is 5.38. The number of carbonyl (C=O) groups excluding carboxylic acids is 1. The Morgan fingerprint density at radius 1 is 1.31 bits per heavy atom. The van der Waals surface area contributed by atoms with Crippen LogP contribution in [-0.4, -0.2) is 15.5 Å². The fourth-order valence-electron chi connectivity index (χ4n) is 2.87. The summed E-state index contributed by atoms with van der Waals surface area (Å²) in [5.41, 5.74) is 1.87. The minimum atomic E-state index is -0.214. The highest BCUT2D eigenvalue weighted by Crippen LogP contribution is 2.23. The van der Waals surface area contributed by atoms with E-state index in [0.29, 0.717) is 27.8 Å². The molecule has 0 aliphatic heterocycles. The first-order valence-electron chi connectivity index (χ1n) is 8.24. The molecule has 26 heavy (non-hydrogen) atoms. The Balaban J connectivity index is 1.93. The van der Waals surface area contributed by atoms with Gasteiger partial charge in [-0.15, -0.1) is 0 Å². The van der Waals surface area contributed by atoms with Crippen LogP contribution >= 0.6 is 28.1 Å². The van der Waals surface area contributed by atoms with Gasteiger partial charge in [0.25, 0.3) is 11.5 Å². The fourth-order valence-corrected chi connectivity index (χ4v) is 3.82. The Labute approximate surface area is 164 Å². The lowest BCUT2D eigenvalue weighted by molar-refractivity contribution is 0.0940. The molecule has 7 heteroatoms. The maximum absolute atomic E-state index is 12.6. The second-order valence-electron chi connectivity index (χ2n) is 5.96. The predicted octanol–water partition coefficient (Wildman–Crippen LogP) is 4.33. The van der Waals surface area contributed by atoms with Gasteiger partial charge in [-0.25, -0.2) is 0 Å². The number of rotatable bonds is 4. The molecule has 1 aromatic heterocycles. The molecule has 0 saturated carbocycles. The van der Waals surface area contributed by atoms with E-state index in [1.165, 1.54) is 4.57 Å². The van der Waals surface area contributed by atoms with Crippen LogP contribution in [0.1, 0.15) is 35.8 Å². The molecule has 0 unspecified atom stereocenters. The molecule has 0 saturated heterocycles. The molecule has 0 aliphatic rings. The van der Waals surface area contributed by atoms with Crippen LogP contribution in [0, 0.1) is 4.77 Å². The van der Waals surface area contributed by atoms with E-state index in [2.05, 4.69) is 26.2 Å². The van der Waals surface area contributed by atoms with Gasteiger partial charge in [-0.2, -0.15) is 0 Å². The predicted molar refractivity (Wildman–Crippen MR) is 109 cm³/mol. The molecule has 5 nitrogen and oxygen atoms in total. The van der Waals surface area contributed by atoms with E-state index in [1.54, 1.807) is 18.2 Å². The number of carbonyl (C=O) groups is 1. The van der Waals surface area contributed by atoms with Gasteiger partial charge in [0.05, 0.1) is 16.9 Å². The topological polar surface area (TPSA) is 66.9 Å². The smallest absolute Gasteiger partial charge is 0.262 e. The highest BCUT2D eigenvalue weighted by atomic mass is 79.9. The number of amides is 1. The molecule has 0 spiro atoms. The van der Waals surface area contributed by atoms with Crippen molar-refractivity contribution in [1.29, 1.82) is 0 Å². The van der Waals surface area contributed by atoms with Gasteiger partial charge in [0.1, 0.15) is 0 Å². The number of aromatic nitrogens is 2. The third-order valence-electron chi connectivity index (χ3n) is 4.28. The van der Waals surface area contributed by atoms with Gasteiger partial charge in [0.15, 0.2) is 4.77 Å². The first kappa shape index (κ1) is 18.5. The highest BCUT2D eigenvalue weighted by molar-refractivity contribution is 9.10. The van der Waals surface area contributed by atoms with Crippen molar-refractivity contribution in [3.05, 3.63) is 73.2 Å². The molecule has 3 rings (SSSR count). The Bertz CT molecular complexity index is 1100. The van der Waals surface area contributed by atoms with E-state index < -0.39 is 0 Å². The monoisotopic (exact) mass is 431 g/mol. The van der Waals surface area contributed by atoms with Crippen molar-refractivity contribution in [2.45, 2.75) is 26.4 Å². The summed E-state index contributed by atoms with van der Waals surface area (Å²) in [7, 11) is 0. The van der Waals surface area contributed by atoms with Crippen molar-refractivity contribution < 1.29 is 4.79 Å². The average molecular weight is 432 g/mol. The minimum Gasteiger partial charge on any atom is -0.345 e. The van der Waals surface area contributed by atoms with Crippen molar-refractivity contribution in [3.8, 4) is 0 Å². The normalized spacial score (nSPS) is 12.1. The van der Waals surface area contributed by atoms with Crippen LogP contribution in [0.15, 0.2) is 51.7 Å². The van der Waals surface area contributed by atoms with E-state index in [4.69, 9.17) is 12.2 Å². The van der Waals surface area contributed by atoms with E-state index in [-0.39, 0.29) is 17.5 Å². The summed E-state index contributed by atoms with van der Waals surface area (Å²) in [6.07, 6.45) is 0. The zero-order chi connectivity index (χ0) is 18.8. The summed E-state index contributed by atoms with van der Waals surface area (Å²) in [6, 6.07) is 12.6. The summed E-state index contributed by atoms with van der Waals surface area (Å²) in [4.78, 5) is 28.1. The molecule has 1 atom stereocenters. The van der Waals surface area contributed by atoms with Crippen molar-refractivity contribution in [2.24, 2.45) is 0 Å². The van der Waals surface area contributed by atoms with Gasteiger partial charge >= 0.3 is 0 Å². The minimum absolute atomic E-state index is 0.153. The number of aromatic amines is 1. The number of halogens is 1. The first-order chi connectivity index (χ1) is 12.4. The summed E-state index contributed by atoms with van der Waals surface area (Å²) in [5.74, 6) is -0.214. The largest absolute Gasteiger partial charge is 0.345 e. The molecular weight excluding hydrogens is 414 g/mol. The lowest BCUT2D eigenvalue weighted by atomic mass is 10.1. The van der Waals surface area contributed by atoms with Crippen LogP contribution in [0.4, 0.5) is 0 Å². The summed E-state index contributed by atoms with van der Waals surface area (Å²) < 4.78 is 2.78. The van der Waals surface area contributed by atoms with E-state index in [1.807, 2.05) is 38.1 Å². The van der Waals surface area contributed by atoms with Crippen molar-refractivity contribution in [1.82, 2.24) is 14.9 Å². The Hall–Kier alpha value is -2.25. The van der Waals surface area contributed by atoms with Crippen molar-refractivity contribution in [2.75, 3.05) is 0 Å². The van der Waals surface area contributed by atoms with Gasteiger partial charge < -0.3 is 10.3 Å². The van der Waals surface area contributed by atoms with Crippen molar-refractivity contribution >= 4 is 45.0 Å². The Morgan fingerprint density at radius 2 is 2.04 bits per heavy atom. The maximum atomic E-state index is 12.6. The fraction of sp³-hybridized carbons (Fsp3) is 0.211. The molecular formula is C19H18BrN3O2S. The number of hydrogen-bond acceptors (Lipinski definition) is 3. The van der Waals surface area contributed by atoms with Gasteiger partial charge in [0, 0.05) is 16.6 Å². The van der Waals surface area contributed by atoms with Gasteiger partial charge in [-0.1, -0.05) is 34.1 Å². The molecule has 0 aliphatic carbocycles. The summed E-state index contributed by atoms with van der Waals surface area (Å²) in [5, 5.41) is 3.49. The second-order valence-corrected chi connectivity index (χ2v) is 7.20. The Morgan fingerprint density at radius 3 is 2.73 bits per heavy atom. The third-order valence-corrected chi connectivity index (χ3v) is 5.32. The van der Waals surface area contributed by atoms with Crippen LogP contribution < -0.4 is 10.9 Å². The summed E-state index contributed by atoms with van der Waals surface area (Å²) in [6.45, 7) is 4.28. The third kappa shape index (κ3) is 3.50. The average Bonchev–Trinajstić information content (AvgIpc) is 2.61. The van der Waals surface area contributed by atoms with Crippen LogP contribution in [-0.2, 0) is 6.54 Å². The number of hydrogen-bond donors (Lipinski definition) is 2. The number of nitrogens with zero attached hydrogens (tertiary/aromatic N) is 1. The first-order valence-corrected chi connectivity index (χ1v) is 9.44. The van der Waals surface area contributed by atoms with E-state index in [9.17, 15) is 9.59 Å². The zero-order valence-corrected chi connectivity index (χ0v) is 16.8. The number of fused-ring (bicyclic) bond motifs is 1. The lowest BCUT2D eigenvalue weighted by Gasteiger charge is -2.16. The SMILES string of the molecule is CCn1c(=S)[nH]c2cc(C(=O)N[C@@H](C)c3ccccc3Br)ccc2c1=O. The summed E-state index contributed by atoms with van der Waals surface area (Å²) >= 11 is 8.73. The van der Waals surface area contributed by atoms with Crippen LogP contribution in [0.5, 0.6) is 0 Å². The van der Waals surface area contributed by atoms with Crippen molar-refractivity contribution in [3.63, 3.8) is 0 Å². The standard InChI is InChI=1S/C19H18BrN3O2S/c1-3-23-18(25)14-9-8-12(10-16(14)22-19(23)26)17(24)21-11(2)13-6-4-5-7-15(13)20/h4-11H,3H2,1-2H3,(H,21,24)(H,22,26)/t11-/m0/s1. The van der Waals surface area contributed by atoms with Gasteiger partial charge in [0.2, 0.25) is 0 Å². The molecule has 1 heterocycles. The van der Waals surface area contributed by atoms with E-state index >= 15 is 0 Å². The molecule has 0 bridgehead atoms. The quantitative estimate of drug-likeness (QED) is 0.603. The second kappa shape index (κ2) is 7.55. The van der Waals surface area contributed by atoms with Gasteiger partial charge in [-0.3, -0.25) is 14.2 Å². The molecule has 2 aromatic carbocycles. The van der Waals surface area contributed by atoms with E-state index in [0.717, 1.165) is 10.0 Å². The molecule has 134 valence electrons. The lowest BCUT2D eigenvalue weighted by Crippen LogP contribution is -2.27. The molecule has 0 fully saturated rings. The number of nitrogens with one attached hydrogen (secondary N) is 2. The van der Waals surface area contributed by atoms with Gasteiger partial charge in [-0.05, 0) is 55.9 Å². The molecule has 2 N–H and O–H groups in total. The highest BCUT2D eigenvalue weighted by Gasteiger charge is 2.15. The molecule has 0 radical (unpaired) electrons. The number of H-pyrrole nitrogens is 1. The molecule has 1 amide bonds. The van der Waals surface area contributed by atoms with Crippen LogP contribution in [0.2, 0.25) is 0 Å². The number of benzene rings is 2. The van der Waals surface area contributed by atoms with Crippen LogP contribution in [0.25, 0.3) is 10.9 Å².